The average Bonchev–Trinajstić information content (AvgIpc) is 2.83. The van der Waals surface area contributed by atoms with Gasteiger partial charge in [-0.1, -0.05) is 24.5 Å². The standard InChI is InChI=1S/C15H18BN3O2/c1-3-8(2)17-7-12-18-13-10-6-9(16)4-5-11(10)21-14(13)15(20)19-12/h4-6,8,17H,3,7,16H2,1-2H3,(H,18,19,20). The maximum absolute atomic E-state index is 12.2. The second kappa shape index (κ2) is 5.37. The van der Waals surface area contributed by atoms with E-state index in [1.807, 2.05) is 26.0 Å². The monoisotopic (exact) mass is 283 g/mol. The third kappa shape index (κ3) is 2.59. The summed E-state index contributed by atoms with van der Waals surface area (Å²) in [5.74, 6) is 0.636. The highest BCUT2D eigenvalue weighted by molar-refractivity contribution is 6.33. The molecular formula is C15H18BN3O2. The van der Waals surface area contributed by atoms with E-state index in [-0.39, 0.29) is 5.56 Å². The Hall–Kier alpha value is -2.08. The molecule has 5 nitrogen and oxygen atoms in total. The largest absolute Gasteiger partial charge is 0.449 e. The molecule has 0 aliphatic carbocycles. The van der Waals surface area contributed by atoms with Gasteiger partial charge in [-0.25, -0.2) is 4.98 Å². The van der Waals surface area contributed by atoms with E-state index in [0.717, 1.165) is 17.3 Å². The topological polar surface area (TPSA) is 70.9 Å². The number of nitrogens with one attached hydrogen (secondary N) is 2. The number of fused-ring (bicyclic) bond motifs is 3. The van der Waals surface area contributed by atoms with E-state index in [1.54, 1.807) is 0 Å². The van der Waals surface area contributed by atoms with Gasteiger partial charge in [-0.05, 0) is 19.4 Å². The van der Waals surface area contributed by atoms with Crippen LogP contribution in [0.1, 0.15) is 26.1 Å². The maximum Gasteiger partial charge on any atom is 0.294 e. The van der Waals surface area contributed by atoms with Crippen molar-refractivity contribution in [3.05, 3.63) is 34.4 Å². The van der Waals surface area contributed by atoms with Crippen molar-refractivity contribution in [2.75, 3.05) is 0 Å². The first kappa shape index (κ1) is 13.9. The van der Waals surface area contributed by atoms with E-state index in [4.69, 9.17) is 4.42 Å². The summed E-state index contributed by atoms with van der Waals surface area (Å²) in [6.07, 6.45) is 1.03. The van der Waals surface area contributed by atoms with Crippen molar-refractivity contribution in [2.24, 2.45) is 0 Å². The Bertz CT molecular complexity index is 853. The summed E-state index contributed by atoms with van der Waals surface area (Å²) in [6, 6.07) is 6.22. The fourth-order valence-electron chi connectivity index (χ4n) is 2.31. The Morgan fingerprint density at radius 3 is 3.05 bits per heavy atom. The van der Waals surface area contributed by atoms with Gasteiger partial charge in [0.2, 0.25) is 5.58 Å². The predicted molar refractivity (Wildman–Crippen MR) is 86.9 cm³/mol. The average molecular weight is 283 g/mol. The molecule has 0 aliphatic heterocycles. The summed E-state index contributed by atoms with van der Waals surface area (Å²) < 4.78 is 5.61. The summed E-state index contributed by atoms with van der Waals surface area (Å²) in [5, 5.41) is 4.22. The van der Waals surface area contributed by atoms with Crippen molar-refractivity contribution in [2.45, 2.75) is 32.9 Å². The number of furan rings is 1. The number of aromatic nitrogens is 2. The quantitative estimate of drug-likeness (QED) is 0.695. The first-order chi connectivity index (χ1) is 10.1. The van der Waals surface area contributed by atoms with Crippen molar-refractivity contribution < 1.29 is 4.42 Å². The van der Waals surface area contributed by atoms with Gasteiger partial charge in [0.1, 0.15) is 24.8 Å². The van der Waals surface area contributed by atoms with Crippen LogP contribution in [0.2, 0.25) is 0 Å². The van der Waals surface area contributed by atoms with Gasteiger partial charge in [0.05, 0.1) is 6.54 Å². The molecule has 6 heteroatoms. The van der Waals surface area contributed by atoms with Gasteiger partial charge >= 0.3 is 0 Å². The SMILES string of the molecule is Bc1ccc2oc3c(=O)[nH]c(CNC(C)CC)nc3c2c1. The van der Waals surface area contributed by atoms with Gasteiger partial charge in [-0.3, -0.25) is 4.79 Å². The van der Waals surface area contributed by atoms with E-state index in [0.29, 0.717) is 35.1 Å². The lowest BCUT2D eigenvalue weighted by Gasteiger charge is -2.10. The van der Waals surface area contributed by atoms with E-state index in [2.05, 4.69) is 29.1 Å². The second-order valence-electron chi connectivity index (χ2n) is 5.48. The minimum atomic E-state index is -0.227. The second-order valence-corrected chi connectivity index (χ2v) is 5.48. The van der Waals surface area contributed by atoms with Gasteiger partial charge in [-0.2, -0.15) is 0 Å². The lowest BCUT2D eigenvalue weighted by molar-refractivity contribution is 0.522. The van der Waals surface area contributed by atoms with Crippen molar-refractivity contribution in [1.82, 2.24) is 15.3 Å². The van der Waals surface area contributed by atoms with Crippen molar-refractivity contribution >= 4 is 35.4 Å². The van der Waals surface area contributed by atoms with Gasteiger partial charge in [0, 0.05) is 11.4 Å². The smallest absolute Gasteiger partial charge is 0.294 e. The molecule has 0 amide bonds. The number of nitrogens with zero attached hydrogens (tertiary/aromatic N) is 1. The molecule has 2 N–H and O–H groups in total. The highest BCUT2D eigenvalue weighted by atomic mass is 16.3. The van der Waals surface area contributed by atoms with Crippen molar-refractivity contribution in [1.29, 1.82) is 0 Å². The Kier molecular flexibility index (Phi) is 3.55. The normalized spacial score (nSPS) is 13.0. The van der Waals surface area contributed by atoms with Crippen LogP contribution < -0.4 is 16.3 Å². The van der Waals surface area contributed by atoms with Crippen LogP contribution >= 0.6 is 0 Å². The summed E-state index contributed by atoms with van der Waals surface area (Å²) in [6.45, 7) is 4.76. The zero-order valence-electron chi connectivity index (χ0n) is 12.5. The number of hydrogen-bond acceptors (Lipinski definition) is 4. The van der Waals surface area contributed by atoms with E-state index in [9.17, 15) is 4.79 Å². The fourth-order valence-corrected chi connectivity index (χ4v) is 2.31. The lowest BCUT2D eigenvalue weighted by Crippen LogP contribution is -2.26. The fraction of sp³-hybridized carbons (Fsp3) is 0.333. The van der Waals surface area contributed by atoms with Gasteiger partial charge in [-0.15, -0.1) is 0 Å². The van der Waals surface area contributed by atoms with E-state index < -0.39 is 0 Å². The van der Waals surface area contributed by atoms with Gasteiger partial charge < -0.3 is 14.7 Å². The van der Waals surface area contributed by atoms with Gasteiger partial charge in [0.25, 0.3) is 5.56 Å². The molecule has 0 saturated carbocycles. The molecule has 108 valence electrons. The first-order valence-electron chi connectivity index (χ1n) is 7.24. The summed E-state index contributed by atoms with van der Waals surface area (Å²) in [4.78, 5) is 19.5. The van der Waals surface area contributed by atoms with E-state index >= 15 is 0 Å². The molecule has 1 atom stereocenters. The number of benzene rings is 1. The number of rotatable bonds is 4. The molecule has 3 rings (SSSR count). The Morgan fingerprint density at radius 2 is 2.29 bits per heavy atom. The Morgan fingerprint density at radius 1 is 1.48 bits per heavy atom. The Labute approximate surface area is 123 Å². The summed E-state index contributed by atoms with van der Waals surface area (Å²) >= 11 is 0. The molecule has 3 aromatic rings. The van der Waals surface area contributed by atoms with Crippen LogP contribution in [0, 0.1) is 0 Å². The molecule has 2 heterocycles. The van der Waals surface area contributed by atoms with Crippen LogP contribution in [0.4, 0.5) is 0 Å². The molecule has 0 spiro atoms. The highest BCUT2D eigenvalue weighted by Crippen LogP contribution is 2.23. The van der Waals surface area contributed by atoms with Crippen LogP contribution in [0.5, 0.6) is 0 Å². The van der Waals surface area contributed by atoms with Crippen LogP contribution in [-0.2, 0) is 6.54 Å². The van der Waals surface area contributed by atoms with Crippen LogP contribution in [0.3, 0.4) is 0 Å². The lowest BCUT2D eigenvalue weighted by atomic mass is 9.95. The molecule has 21 heavy (non-hydrogen) atoms. The van der Waals surface area contributed by atoms with Crippen LogP contribution in [0.15, 0.2) is 27.4 Å². The third-order valence-corrected chi connectivity index (χ3v) is 3.76. The zero-order chi connectivity index (χ0) is 15.0. The molecule has 2 aromatic heterocycles. The molecule has 1 unspecified atom stereocenters. The predicted octanol–water partition coefficient (Wildman–Crippen LogP) is 0.816. The summed E-state index contributed by atoms with van der Waals surface area (Å²) in [7, 11) is 2.01. The molecule has 0 fully saturated rings. The molecule has 1 aromatic carbocycles. The van der Waals surface area contributed by atoms with E-state index in [1.165, 1.54) is 0 Å². The van der Waals surface area contributed by atoms with Crippen molar-refractivity contribution in [3.63, 3.8) is 0 Å². The third-order valence-electron chi connectivity index (χ3n) is 3.76. The van der Waals surface area contributed by atoms with Gasteiger partial charge in [0.15, 0.2) is 0 Å². The molecular weight excluding hydrogens is 265 g/mol. The highest BCUT2D eigenvalue weighted by Gasteiger charge is 2.13. The van der Waals surface area contributed by atoms with Crippen molar-refractivity contribution in [3.8, 4) is 0 Å². The Balaban J connectivity index is 2.10. The molecule has 0 radical (unpaired) electrons. The van der Waals surface area contributed by atoms with Crippen LogP contribution in [-0.4, -0.2) is 23.9 Å². The molecule has 0 saturated heterocycles. The molecule has 0 aliphatic rings. The molecule has 0 bridgehead atoms. The minimum Gasteiger partial charge on any atom is -0.449 e. The number of aromatic amines is 1. The number of hydrogen-bond donors (Lipinski definition) is 2. The maximum atomic E-state index is 12.2. The minimum absolute atomic E-state index is 0.227. The number of H-pyrrole nitrogens is 1. The van der Waals surface area contributed by atoms with Crippen LogP contribution in [0.25, 0.3) is 22.1 Å². The first-order valence-corrected chi connectivity index (χ1v) is 7.24. The summed E-state index contributed by atoms with van der Waals surface area (Å²) in [5.41, 5.74) is 2.52. The zero-order valence-corrected chi connectivity index (χ0v) is 12.5.